The fourth-order valence-electron chi connectivity index (χ4n) is 4.07. The molecule has 3 rings (SSSR count). The Kier molecular flexibility index (Phi) is 8.23. The maximum absolute atomic E-state index is 13.4. The Balaban J connectivity index is 2.10. The SMILES string of the molecule is CC(=O)OCC1OC(OC(C)=O)C(N2C(=O)c3c(Cl)c(Cl)c(Cl)c(Cl)c3C2=O)[C@@H](C)[C@H]1OC(C)=O. The van der Waals surface area contributed by atoms with Crippen molar-refractivity contribution >= 4 is 76.1 Å². The molecule has 0 aliphatic carbocycles. The zero-order valence-corrected chi connectivity index (χ0v) is 21.8. The van der Waals surface area contributed by atoms with Gasteiger partial charge in [-0.3, -0.25) is 28.9 Å². The molecular formula is C21H19Cl4NO9. The summed E-state index contributed by atoms with van der Waals surface area (Å²) < 4.78 is 21.5. The average molecular weight is 571 g/mol. The number of hydrogen-bond acceptors (Lipinski definition) is 9. The van der Waals surface area contributed by atoms with Gasteiger partial charge >= 0.3 is 17.9 Å². The first-order chi connectivity index (χ1) is 16.3. The van der Waals surface area contributed by atoms with Crippen molar-refractivity contribution < 1.29 is 42.9 Å². The Morgan fingerprint density at radius 2 is 1.31 bits per heavy atom. The highest BCUT2D eigenvalue weighted by Gasteiger charge is 2.55. The van der Waals surface area contributed by atoms with Crippen molar-refractivity contribution in [2.45, 2.75) is 52.2 Å². The summed E-state index contributed by atoms with van der Waals surface area (Å²) in [6.45, 7) is 4.61. The Hall–Kier alpha value is -2.11. The predicted octanol–water partition coefficient (Wildman–Crippen LogP) is 3.68. The van der Waals surface area contributed by atoms with Crippen LogP contribution in [0.15, 0.2) is 0 Å². The number of halogens is 4. The summed E-state index contributed by atoms with van der Waals surface area (Å²) in [6, 6.07) is -1.30. The topological polar surface area (TPSA) is 126 Å². The summed E-state index contributed by atoms with van der Waals surface area (Å²) in [6.07, 6.45) is -3.70. The van der Waals surface area contributed by atoms with Gasteiger partial charge in [0.15, 0.2) is 0 Å². The summed E-state index contributed by atoms with van der Waals surface area (Å²) >= 11 is 24.6. The molecule has 0 radical (unpaired) electrons. The molecule has 1 aromatic rings. The molecule has 1 saturated heterocycles. The van der Waals surface area contributed by atoms with Gasteiger partial charge in [-0.25, -0.2) is 0 Å². The molecule has 0 spiro atoms. The second kappa shape index (κ2) is 10.5. The molecule has 0 N–H and O–H groups in total. The Morgan fingerprint density at radius 1 is 0.829 bits per heavy atom. The second-order valence-electron chi connectivity index (χ2n) is 7.86. The van der Waals surface area contributed by atoms with E-state index in [1.54, 1.807) is 6.92 Å². The van der Waals surface area contributed by atoms with Crippen LogP contribution in [0.1, 0.15) is 48.4 Å². The van der Waals surface area contributed by atoms with Crippen molar-refractivity contribution in [2.75, 3.05) is 6.61 Å². The van der Waals surface area contributed by atoms with Gasteiger partial charge in [0.1, 0.15) is 24.9 Å². The highest BCUT2D eigenvalue weighted by Crippen LogP contribution is 2.46. The standard InChI is InChI=1S/C21H19Cl4NO9/c1-6-17(26-19(30)11-12(20(26)31)14(23)16(25)15(24)13(11)22)21(34-9(4)29)35-10(5-32-7(2)27)18(6)33-8(3)28/h6,10,17-18,21H,5H2,1-4H3/t6-,10?,17?,18-,21?/m1/s1. The van der Waals surface area contributed by atoms with Gasteiger partial charge in [-0.05, 0) is 0 Å². The van der Waals surface area contributed by atoms with E-state index >= 15 is 0 Å². The van der Waals surface area contributed by atoms with E-state index in [-0.39, 0.29) is 37.8 Å². The second-order valence-corrected chi connectivity index (χ2v) is 9.38. The number of hydrogen-bond donors (Lipinski definition) is 0. The summed E-state index contributed by atoms with van der Waals surface area (Å²) in [4.78, 5) is 62.6. The van der Waals surface area contributed by atoms with Gasteiger partial charge in [0, 0.05) is 26.7 Å². The molecule has 14 heteroatoms. The van der Waals surface area contributed by atoms with Crippen molar-refractivity contribution in [3.63, 3.8) is 0 Å². The van der Waals surface area contributed by atoms with Crippen molar-refractivity contribution in [1.82, 2.24) is 4.90 Å². The zero-order chi connectivity index (χ0) is 26.4. The van der Waals surface area contributed by atoms with Crippen molar-refractivity contribution in [2.24, 2.45) is 5.92 Å². The van der Waals surface area contributed by atoms with Crippen LogP contribution >= 0.6 is 46.4 Å². The maximum Gasteiger partial charge on any atom is 0.305 e. The molecule has 35 heavy (non-hydrogen) atoms. The molecule has 0 saturated carbocycles. The minimum Gasteiger partial charge on any atom is -0.463 e. The molecule has 2 aliphatic rings. The third-order valence-corrected chi connectivity index (χ3v) is 7.28. The number of imide groups is 1. The van der Waals surface area contributed by atoms with E-state index in [9.17, 15) is 24.0 Å². The largest absolute Gasteiger partial charge is 0.463 e. The van der Waals surface area contributed by atoms with Crippen molar-refractivity contribution in [1.29, 1.82) is 0 Å². The van der Waals surface area contributed by atoms with E-state index in [0.717, 1.165) is 18.7 Å². The third kappa shape index (κ3) is 5.08. The predicted molar refractivity (Wildman–Crippen MR) is 123 cm³/mol. The number of benzene rings is 1. The number of ether oxygens (including phenoxy) is 4. The Morgan fingerprint density at radius 3 is 1.74 bits per heavy atom. The highest BCUT2D eigenvalue weighted by atomic mass is 35.5. The minimum atomic E-state index is -1.51. The summed E-state index contributed by atoms with van der Waals surface area (Å²) in [5.41, 5.74) is -0.563. The number of fused-ring (bicyclic) bond motifs is 1. The fraction of sp³-hybridized carbons (Fsp3) is 0.476. The molecule has 5 atom stereocenters. The smallest absolute Gasteiger partial charge is 0.305 e. The lowest BCUT2D eigenvalue weighted by molar-refractivity contribution is -0.263. The van der Waals surface area contributed by atoms with Crippen LogP contribution in [0.2, 0.25) is 20.1 Å². The number of carbonyl (C=O) groups excluding carboxylic acids is 5. The van der Waals surface area contributed by atoms with E-state index in [1.807, 2.05) is 0 Å². The molecule has 3 unspecified atom stereocenters. The lowest BCUT2D eigenvalue weighted by Crippen LogP contribution is -2.63. The zero-order valence-electron chi connectivity index (χ0n) is 18.7. The van der Waals surface area contributed by atoms with Crippen LogP contribution in [-0.2, 0) is 33.3 Å². The van der Waals surface area contributed by atoms with E-state index in [0.29, 0.717) is 0 Å². The quantitative estimate of drug-likeness (QED) is 0.171. The molecule has 0 bridgehead atoms. The van der Waals surface area contributed by atoms with Crippen molar-refractivity contribution in [3.05, 3.63) is 31.2 Å². The fourth-order valence-corrected chi connectivity index (χ4v) is 5.09. The number of carbonyl (C=O) groups is 5. The van der Waals surface area contributed by atoms with E-state index < -0.39 is 60.2 Å². The van der Waals surface area contributed by atoms with Gasteiger partial charge in [-0.1, -0.05) is 53.3 Å². The van der Waals surface area contributed by atoms with Gasteiger partial charge in [-0.15, -0.1) is 0 Å². The molecule has 190 valence electrons. The van der Waals surface area contributed by atoms with Crippen molar-refractivity contribution in [3.8, 4) is 0 Å². The van der Waals surface area contributed by atoms with Gasteiger partial charge in [-0.2, -0.15) is 0 Å². The highest BCUT2D eigenvalue weighted by molar-refractivity contribution is 6.55. The van der Waals surface area contributed by atoms with Crippen LogP contribution in [0.4, 0.5) is 0 Å². The average Bonchev–Trinajstić information content (AvgIpc) is 3.01. The monoisotopic (exact) mass is 569 g/mol. The third-order valence-electron chi connectivity index (χ3n) is 5.48. The van der Waals surface area contributed by atoms with Crippen LogP contribution in [0.5, 0.6) is 0 Å². The summed E-state index contributed by atoms with van der Waals surface area (Å²) in [5, 5.41) is -1.00. The molecule has 1 aromatic carbocycles. The van der Waals surface area contributed by atoms with Crippen LogP contribution < -0.4 is 0 Å². The number of nitrogens with zero attached hydrogens (tertiary/aromatic N) is 1. The Bertz CT molecular complexity index is 1080. The van der Waals surface area contributed by atoms with Gasteiger partial charge in [0.2, 0.25) is 6.29 Å². The lowest BCUT2D eigenvalue weighted by atomic mass is 9.87. The summed E-state index contributed by atoms with van der Waals surface area (Å²) in [5.74, 6) is -4.78. The number of esters is 3. The minimum absolute atomic E-state index is 0.219. The number of amides is 2. The first-order valence-corrected chi connectivity index (χ1v) is 11.7. The normalized spacial score (nSPS) is 25.8. The Labute approximate surface area is 219 Å². The van der Waals surface area contributed by atoms with Gasteiger partial charge in [0.05, 0.1) is 31.2 Å². The van der Waals surface area contributed by atoms with Crippen LogP contribution in [0.3, 0.4) is 0 Å². The molecule has 2 heterocycles. The molecule has 10 nitrogen and oxygen atoms in total. The van der Waals surface area contributed by atoms with E-state index in [1.165, 1.54) is 6.92 Å². The first-order valence-electron chi connectivity index (χ1n) is 10.1. The van der Waals surface area contributed by atoms with Gasteiger partial charge in [0.25, 0.3) is 11.8 Å². The molecular weight excluding hydrogens is 552 g/mol. The van der Waals surface area contributed by atoms with Crippen LogP contribution in [-0.4, -0.2) is 65.8 Å². The first kappa shape index (κ1) is 27.5. The molecule has 1 fully saturated rings. The van der Waals surface area contributed by atoms with E-state index in [4.69, 9.17) is 65.4 Å². The van der Waals surface area contributed by atoms with Gasteiger partial charge < -0.3 is 18.9 Å². The maximum atomic E-state index is 13.4. The summed E-state index contributed by atoms with van der Waals surface area (Å²) in [7, 11) is 0. The van der Waals surface area contributed by atoms with Crippen LogP contribution in [0, 0.1) is 5.92 Å². The molecule has 0 aromatic heterocycles. The number of rotatable bonds is 5. The van der Waals surface area contributed by atoms with E-state index in [2.05, 4.69) is 0 Å². The molecule has 2 aliphatic heterocycles. The van der Waals surface area contributed by atoms with Crippen LogP contribution in [0.25, 0.3) is 0 Å². The molecule has 2 amide bonds. The lowest BCUT2D eigenvalue weighted by Gasteiger charge is -2.46.